The molecule has 0 aromatic heterocycles. The molecule has 1 N–H and O–H groups in total. The minimum atomic E-state index is -0.826. The number of halogens is 1. The van der Waals surface area contributed by atoms with Crippen LogP contribution in [0, 0.1) is 5.82 Å². The van der Waals surface area contributed by atoms with Crippen molar-refractivity contribution in [2.45, 2.75) is 83.5 Å². The second-order valence-corrected chi connectivity index (χ2v) is 13.3. The highest BCUT2D eigenvalue weighted by atomic mass is 28.3. The number of hydrogen-bond donors (Lipinski definition) is 1. The van der Waals surface area contributed by atoms with Gasteiger partial charge in [-0.2, -0.15) is 0 Å². The average Bonchev–Trinajstić information content (AvgIpc) is 2.43. The van der Waals surface area contributed by atoms with Crippen LogP contribution in [0.25, 0.3) is 0 Å². The van der Waals surface area contributed by atoms with Gasteiger partial charge < -0.3 is 5.11 Å². The summed E-state index contributed by atoms with van der Waals surface area (Å²) in [5.41, 5.74) is 0.988. The standard InChI is InChI=1S/C19H33FOSi/c1-22(2,3)15-11-9-7-5-4-6-8-10-12-17-13-14-19(21)18(20)16-17/h13-14,16,21H,4-12,15H2,1-3H3. The van der Waals surface area contributed by atoms with Gasteiger partial charge in [0.15, 0.2) is 11.6 Å². The number of phenols is 1. The van der Waals surface area contributed by atoms with E-state index in [1.165, 1.54) is 63.1 Å². The number of phenolic OH excluding ortho intramolecular Hbond substituents is 1. The van der Waals surface area contributed by atoms with Crippen LogP contribution >= 0.6 is 0 Å². The maximum atomic E-state index is 13.2. The second kappa shape index (κ2) is 10.0. The van der Waals surface area contributed by atoms with Gasteiger partial charge >= 0.3 is 0 Å². The van der Waals surface area contributed by atoms with Gasteiger partial charge in [-0.15, -0.1) is 0 Å². The van der Waals surface area contributed by atoms with Crippen molar-refractivity contribution < 1.29 is 9.50 Å². The van der Waals surface area contributed by atoms with Gasteiger partial charge in [0.2, 0.25) is 0 Å². The zero-order valence-electron chi connectivity index (χ0n) is 14.6. The topological polar surface area (TPSA) is 20.2 Å². The van der Waals surface area contributed by atoms with Gasteiger partial charge in [-0.25, -0.2) is 4.39 Å². The molecular formula is C19H33FOSi. The fraction of sp³-hybridized carbons (Fsp3) is 0.684. The third-order valence-corrected chi connectivity index (χ3v) is 6.01. The highest BCUT2D eigenvalue weighted by Crippen LogP contribution is 2.19. The minimum Gasteiger partial charge on any atom is -0.505 e. The predicted molar refractivity (Wildman–Crippen MR) is 96.9 cm³/mol. The van der Waals surface area contributed by atoms with Crippen molar-refractivity contribution in [3.63, 3.8) is 0 Å². The quantitative estimate of drug-likeness (QED) is 0.362. The summed E-state index contributed by atoms with van der Waals surface area (Å²) in [6, 6.07) is 6.19. The van der Waals surface area contributed by atoms with Crippen molar-refractivity contribution in [1.82, 2.24) is 0 Å². The smallest absolute Gasteiger partial charge is 0.165 e. The number of aromatic hydroxyl groups is 1. The molecule has 0 saturated heterocycles. The molecule has 0 aliphatic rings. The molecule has 0 radical (unpaired) electrons. The van der Waals surface area contributed by atoms with E-state index in [-0.39, 0.29) is 5.75 Å². The summed E-state index contributed by atoms with van der Waals surface area (Å²) in [6.45, 7) is 7.35. The van der Waals surface area contributed by atoms with Crippen molar-refractivity contribution in [3.8, 4) is 5.75 Å². The van der Waals surface area contributed by atoms with E-state index in [2.05, 4.69) is 19.6 Å². The van der Waals surface area contributed by atoms with Gasteiger partial charge in [-0.05, 0) is 30.5 Å². The molecule has 0 unspecified atom stereocenters. The van der Waals surface area contributed by atoms with Crippen LogP contribution in [0.3, 0.4) is 0 Å². The lowest BCUT2D eigenvalue weighted by Crippen LogP contribution is -2.18. The predicted octanol–water partition coefficient (Wildman–Crippen LogP) is 6.53. The molecule has 0 aliphatic carbocycles. The van der Waals surface area contributed by atoms with Gasteiger partial charge in [-0.1, -0.05) is 76.7 Å². The van der Waals surface area contributed by atoms with E-state index in [4.69, 9.17) is 5.11 Å². The molecule has 1 aromatic carbocycles. The fourth-order valence-corrected chi connectivity index (χ4v) is 4.06. The van der Waals surface area contributed by atoms with E-state index in [1.807, 2.05) is 6.07 Å². The van der Waals surface area contributed by atoms with E-state index < -0.39 is 13.9 Å². The van der Waals surface area contributed by atoms with Gasteiger partial charge in [0.25, 0.3) is 0 Å². The van der Waals surface area contributed by atoms with Crippen LogP contribution in [0.4, 0.5) is 4.39 Å². The molecule has 0 atom stereocenters. The molecule has 126 valence electrons. The van der Waals surface area contributed by atoms with Crippen LogP contribution in [0.15, 0.2) is 18.2 Å². The number of unbranched alkanes of at least 4 members (excludes halogenated alkanes) is 7. The summed E-state index contributed by atoms with van der Waals surface area (Å²) in [5.74, 6) is -0.756. The third kappa shape index (κ3) is 9.24. The minimum absolute atomic E-state index is 0.252. The lowest BCUT2D eigenvalue weighted by molar-refractivity contribution is 0.431. The zero-order chi connectivity index (χ0) is 16.4. The van der Waals surface area contributed by atoms with Crippen LogP contribution in [0.1, 0.15) is 56.9 Å². The monoisotopic (exact) mass is 324 g/mol. The summed E-state index contributed by atoms with van der Waals surface area (Å²) >= 11 is 0. The Hall–Kier alpha value is -0.833. The Morgan fingerprint density at radius 2 is 1.41 bits per heavy atom. The van der Waals surface area contributed by atoms with E-state index >= 15 is 0 Å². The number of benzene rings is 1. The van der Waals surface area contributed by atoms with Crippen molar-refractivity contribution >= 4 is 8.07 Å². The summed E-state index contributed by atoms with van der Waals surface area (Å²) in [6.07, 6.45) is 11.4. The maximum absolute atomic E-state index is 13.2. The van der Waals surface area contributed by atoms with E-state index in [0.29, 0.717) is 0 Å². The van der Waals surface area contributed by atoms with Crippen LogP contribution < -0.4 is 0 Å². The van der Waals surface area contributed by atoms with Gasteiger partial charge in [0, 0.05) is 8.07 Å². The summed E-state index contributed by atoms with van der Waals surface area (Å²) in [4.78, 5) is 0. The number of hydrogen-bond acceptors (Lipinski definition) is 1. The summed E-state index contributed by atoms with van der Waals surface area (Å²) in [7, 11) is -0.826. The SMILES string of the molecule is C[Si](C)(C)CCCCCCCCCCc1ccc(O)c(F)c1. The van der Waals surface area contributed by atoms with Crippen molar-refractivity contribution in [3.05, 3.63) is 29.6 Å². The zero-order valence-corrected chi connectivity index (χ0v) is 15.6. The highest BCUT2D eigenvalue weighted by molar-refractivity contribution is 6.76. The molecule has 0 heterocycles. The molecule has 0 aliphatic heterocycles. The third-order valence-electron chi connectivity index (χ3n) is 4.15. The normalized spacial score (nSPS) is 11.8. The Labute approximate surface area is 137 Å². The Morgan fingerprint density at radius 3 is 1.95 bits per heavy atom. The first-order valence-corrected chi connectivity index (χ1v) is 12.6. The first kappa shape index (κ1) is 19.2. The molecule has 0 fully saturated rings. The largest absolute Gasteiger partial charge is 0.505 e. The Balaban J connectivity index is 1.94. The Kier molecular flexibility index (Phi) is 8.77. The van der Waals surface area contributed by atoms with E-state index in [0.717, 1.165) is 18.4 Å². The van der Waals surface area contributed by atoms with E-state index in [9.17, 15) is 4.39 Å². The van der Waals surface area contributed by atoms with Gasteiger partial charge in [-0.3, -0.25) is 0 Å². The molecule has 0 spiro atoms. The molecule has 1 rings (SSSR count). The summed E-state index contributed by atoms with van der Waals surface area (Å²) in [5, 5.41) is 9.15. The molecule has 0 bridgehead atoms. The van der Waals surface area contributed by atoms with Crippen LogP contribution in [-0.2, 0) is 6.42 Å². The van der Waals surface area contributed by atoms with Crippen LogP contribution in [0.5, 0.6) is 5.75 Å². The van der Waals surface area contributed by atoms with Gasteiger partial charge in [0.05, 0.1) is 0 Å². The molecule has 1 nitrogen and oxygen atoms in total. The fourth-order valence-electron chi connectivity index (χ4n) is 2.75. The number of rotatable bonds is 11. The molecule has 0 amide bonds. The molecule has 3 heteroatoms. The number of aryl methyl sites for hydroxylation is 1. The van der Waals surface area contributed by atoms with Crippen molar-refractivity contribution in [2.75, 3.05) is 0 Å². The average molecular weight is 325 g/mol. The van der Waals surface area contributed by atoms with Crippen molar-refractivity contribution in [2.24, 2.45) is 0 Å². The van der Waals surface area contributed by atoms with Crippen LogP contribution in [-0.4, -0.2) is 13.2 Å². The van der Waals surface area contributed by atoms with E-state index in [1.54, 1.807) is 0 Å². The first-order chi connectivity index (χ1) is 10.4. The molecule has 22 heavy (non-hydrogen) atoms. The van der Waals surface area contributed by atoms with Crippen molar-refractivity contribution in [1.29, 1.82) is 0 Å². The summed E-state index contributed by atoms with van der Waals surface area (Å²) < 4.78 is 13.2. The Morgan fingerprint density at radius 1 is 0.864 bits per heavy atom. The maximum Gasteiger partial charge on any atom is 0.165 e. The van der Waals surface area contributed by atoms with Gasteiger partial charge in [0.1, 0.15) is 0 Å². The second-order valence-electron chi connectivity index (χ2n) is 7.67. The lowest BCUT2D eigenvalue weighted by atomic mass is 10.0. The lowest BCUT2D eigenvalue weighted by Gasteiger charge is -2.14. The highest BCUT2D eigenvalue weighted by Gasteiger charge is 2.11. The molecule has 0 saturated carbocycles. The Bertz CT molecular complexity index is 426. The molecular weight excluding hydrogens is 291 g/mol. The first-order valence-electron chi connectivity index (χ1n) is 8.86. The van der Waals surface area contributed by atoms with Crippen LogP contribution in [0.2, 0.25) is 25.7 Å². The molecule has 1 aromatic rings.